The summed E-state index contributed by atoms with van der Waals surface area (Å²) in [5.41, 5.74) is -1.70. The summed E-state index contributed by atoms with van der Waals surface area (Å²) >= 11 is 0. The highest BCUT2D eigenvalue weighted by Crippen LogP contribution is 2.54. The van der Waals surface area contributed by atoms with Gasteiger partial charge >= 0.3 is 7.12 Å². The van der Waals surface area contributed by atoms with Crippen LogP contribution in [0.15, 0.2) is 0 Å². The summed E-state index contributed by atoms with van der Waals surface area (Å²) < 4.78 is 11.7. The van der Waals surface area contributed by atoms with E-state index in [1.165, 1.54) is 0 Å². The molecule has 0 aliphatic carbocycles. The predicted octanol–water partition coefficient (Wildman–Crippen LogP) is 2.63. The molecular weight excluding hydrogens is 203 g/mol. The highest BCUT2D eigenvalue weighted by molar-refractivity contribution is 6.52. The van der Waals surface area contributed by atoms with Gasteiger partial charge in [-0.05, 0) is 41.5 Å². The average Bonchev–Trinajstić information content (AvgIpc) is 2.00. The first-order valence-electron chi connectivity index (χ1n) is 5.89. The van der Waals surface area contributed by atoms with Gasteiger partial charge in [-0.15, -0.1) is 0 Å². The van der Waals surface area contributed by atoms with Crippen LogP contribution in [0.4, 0.5) is 0 Å². The molecule has 1 N–H and O–H groups in total. The second-order valence-electron chi connectivity index (χ2n) is 6.87. The van der Waals surface area contributed by atoms with Crippen molar-refractivity contribution < 1.29 is 14.4 Å². The van der Waals surface area contributed by atoms with Gasteiger partial charge in [0.05, 0.1) is 16.8 Å². The molecule has 1 aliphatic heterocycles. The van der Waals surface area contributed by atoms with Crippen LogP contribution >= 0.6 is 0 Å². The zero-order chi connectivity index (χ0) is 13.0. The third-order valence-electron chi connectivity index (χ3n) is 4.42. The molecule has 0 aromatic heterocycles. The Balaban J connectivity index is 2.73. The minimum Gasteiger partial charge on any atom is -0.406 e. The van der Waals surface area contributed by atoms with Gasteiger partial charge in [0.25, 0.3) is 0 Å². The summed E-state index contributed by atoms with van der Waals surface area (Å²) in [6, 6.07) is 0. The van der Waals surface area contributed by atoms with Crippen LogP contribution in [0.1, 0.15) is 55.4 Å². The van der Waals surface area contributed by atoms with E-state index in [1.54, 1.807) is 13.8 Å². The van der Waals surface area contributed by atoms with Gasteiger partial charge in [-0.2, -0.15) is 0 Å². The lowest BCUT2D eigenvalue weighted by atomic mass is 9.45. The van der Waals surface area contributed by atoms with Gasteiger partial charge in [-0.25, -0.2) is 0 Å². The minimum atomic E-state index is -0.897. The van der Waals surface area contributed by atoms with Gasteiger partial charge in [0.1, 0.15) is 0 Å². The molecule has 1 aliphatic rings. The lowest BCUT2D eigenvalue weighted by molar-refractivity contribution is -0.141. The van der Waals surface area contributed by atoms with E-state index in [9.17, 15) is 5.11 Å². The van der Waals surface area contributed by atoms with E-state index in [-0.39, 0.29) is 18.0 Å². The molecule has 1 rings (SSSR count). The third-order valence-corrected chi connectivity index (χ3v) is 4.42. The highest BCUT2D eigenvalue weighted by atomic mass is 16.6. The second-order valence-corrected chi connectivity index (χ2v) is 6.87. The van der Waals surface area contributed by atoms with Gasteiger partial charge in [0.2, 0.25) is 0 Å². The normalized spacial score (nSPS) is 24.2. The van der Waals surface area contributed by atoms with Gasteiger partial charge in [0, 0.05) is 5.31 Å². The predicted molar refractivity (Wildman–Crippen MR) is 66.4 cm³/mol. The molecule has 0 amide bonds. The van der Waals surface area contributed by atoms with Crippen LogP contribution in [-0.2, 0) is 9.31 Å². The smallest absolute Gasteiger partial charge is 0.406 e. The van der Waals surface area contributed by atoms with E-state index in [2.05, 4.69) is 27.7 Å². The van der Waals surface area contributed by atoms with Crippen molar-refractivity contribution in [3.05, 3.63) is 0 Å². The van der Waals surface area contributed by atoms with Gasteiger partial charge in [-0.3, -0.25) is 0 Å². The Morgan fingerprint density at radius 2 is 1.50 bits per heavy atom. The van der Waals surface area contributed by atoms with Crippen molar-refractivity contribution in [1.29, 1.82) is 0 Å². The van der Waals surface area contributed by atoms with Gasteiger partial charge in [-0.1, -0.05) is 13.8 Å². The number of rotatable bonds is 3. The van der Waals surface area contributed by atoms with Crippen LogP contribution in [0.5, 0.6) is 0 Å². The topological polar surface area (TPSA) is 38.7 Å². The van der Waals surface area contributed by atoms with E-state index in [1.807, 2.05) is 13.8 Å². The zero-order valence-corrected chi connectivity index (χ0v) is 11.8. The molecule has 0 aromatic rings. The Hall–Kier alpha value is -0.0551. The molecule has 0 saturated carbocycles. The molecule has 1 saturated heterocycles. The van der Waals surface area contributed by atoms with Crippen molar-refractivity contribution in [3.8, 4) is 0 Å². The van der Waals surface area contributed by atoms with Crippen LogP contribution in [0.3, 0.4) is 0 Å². The number of aliphatic hydroxyl groups is 1. The standard InChI is InChI=1S/C12H25BO3/c1-9(2)11(5,6)15-13(9)16-12(7,8)10(3,4)14/h14H,1-8H3. The van der Waals surface area contributed by atoms with E-state index >= 15 is 0 Å². The maximum atomic E-state index is 10.0. The van der Waals surface area contributed by atoms with E-state index in [0.717, 1.165) is 0 Å². The van der Waals surface area contributed by atoms with Gasteiger partial charge < -0.3 is 14.4 Å². The Labute approximate surface area is 99.7 Å². The average molecular weight is 228 g/mol. The lowest BCUT2D eigenvalue weighted by Crippen LogP contribution is -2.66. The Bertz CT molecular complexity index is 276. The fourth-order valence-corrected chi connectivity index (χ4v) is 1.38. The minimum absolute atomic E-state index is 0.0461. The molecule has 0 aromatic carbocycles. The number of hydrogen-bond acceptors (Lipinski definition) is 3. The summed E-state index contributed by atoms with van der Waals surface area (Å²) in [6.45, 7) is 15.7. The highest BCUT2D eigenvalue weighted by Gasteiger charge is 2.63. The van der Waals surface area contributed by atoms with E-state index in [0.29, 0.717) is 0 Å². The molecule has 16 heavy (non-hydrogen) atoms. The molecule has 0 unspecified atom stereocenters. The monoisotopic (exact) mass is 228 g/mol. The summed E-state index contributed by atoms with van der Waals surface area (Å²) in [5.74, 6) is 0. The van der Waals surface area contributed by atoms with Crippen LogP contribution in [0, 0.1) is 0 Å². The van der Waals surface area contributed by atoms with Crippen molar-refractivity contribution in [2.24, 2.45) is 0 Å². The molecule has 0 spiro atoms. The van der Waals surface area contributed by atoms with Crippen LogP contribution in [0.2, 0.25) is 5.31 Å². The molecule has 3 nitrogen and oxygen atoms in total. The van der Waals surface area contributed by atoms with Crippen molar-refractivity contribution in [3.63, 3.8) is 0 Å². The maximum absolute atomic E-state index is 10.0. The Morgan fingerprint density at radius 1 is 1.06 bits per heavy atom. The molecule has 0 atom stereocenters. The lowest BCUT2D eigenvalue weighted by Gasteiger charge is -2.57. The van der Waals surface area contributed by atoms with Crippen LogP contribution in [-0.4, -0.2) is 29.0 Å². The molecule has 0 radical (unpaired) electrons. The van der Waals surface area contributed by atoms with Crippen molar-refractivity contribution in [2.75, 3.05) is 0 Å². The Morgan fingerprint density at radius 3 is 1.75 bits per heavy atom. The maximum Gasteiger partial charge on any atom is 0.466 e. The quantitative estimate of drug-likeness (QED) is 0.754. The molecule has 94 valence electrons. The molecular formula is C12H25BO3. The van der Waals surface area contributed by atoms with Crippen molar-refractivity contribution in [1.82, 2.24) is 0 Å². The Kier molecular flexibility index (Phi) is 3.04. The first-order chi connectivity index (χ1) is 6.81. The molecule has 1 heterocycles. The summed E-state index contributed by atoms with van der Waals surface area (Å²) in [4.78, 5) is 0. The molecule has 1 fully saturated rings. The molecule has 0 bridgehead atoms. The summed E-state index contributed by atoms with van der Waals surface area (Å²) in [7, 11) is -0.260. The van der Waals surface area contributed by atoms with Crippen molar-refractivity contribution >= 4 is 7.12 Å². The SMILES string of the molecule is CC(C)(O)C(C)(C)OB1OC(C)(C)C1(C)C. The van der Waals surface area contributed by atoms with Crippen LogP contribution < -0.4 is 0 Å². The molecule has 4 heteroatoms. The van der Waals surface area contributed by atoms with E-state index < -0.39 is 11.2 Å². The second kappa shape index (κ2) is 3.47. The first-order valence-corrected chi connectivity index (χ1v) is 5.89. The number of hydrogen-bond donors (Lipinski definition) is 1. The third kappa shape index (κ3) is 2.03. The van der Waals surface area contributed by atoms with Crippen LogP contribution in [0.25, 0.3) is 0 Å². The largest absolute Gasteiger partial charge is 0.466 e. The van der Waals surface area contributed by atoms with E-state index in [4.69, 9.17) is 9.31 Å². The summed E-state index contributed by atoms with van der Waals surface area (Å²) in [5, 5.41) is 9.99. The van der Waals surface area contributed by atoms with Crippen molar-refractivity contribution in [2.45, 2.75) is 77.5 Å². The fourth-order valence-electron chi connectivity index (χ4n) is 1.38. The van der Waals surface area contributed by atoms with Gasteiger partial charge in [0.15, 0.2) is 0 Å². The first kappa shape index (κ1) is 14.0. The summed E-state index contributed by atoms with van der Waals surface area (Å²) in [6.07, 6.45) is 0. The fraction of sp³-hybridized carbons (Fsp3) is 1.00. The zero-order valence-electron chi connectivity index (χ0n) is 11.8.